The van der Waals surface area contributed by atoms with Gasteiger partial charge < -0.3 is 53.2 Å². The standard InChI is InChI=1S/C51H82N2O11/c1-14-35-16-15-17-40(64-42-21-20-39(53(9)10)32(7)60-42)31(6)46(55)38-24-28(3)43(37(38)26-41(54)62-35)45(52-44-29(4)22-27(2)23-30(44)5)47(56)34-18-19-36(25-34)63-51-50(59-13)49(58-12)48(57-11)33(8)61-51/h22-24,28,31-37,39-40,42-43,45,47-52,56H,14-21,25-26H2,1-13H3/t28-,31-,32?,33?,34+,35+,36+,37-,39+,40+,42+,43-,45-,47-,48+,49?,50?,51+/m1/s1. The van der Waals surface area contributed by atoms with Crippen LogP contribution in [0.4, 0.5) is 5.69 Å². The summed E-state index contributed by atoms with van der Waals surface area (Å²) in [7, 11) is 9.08. The Hall–Kier alpha value is -2.46. The van der Waals surface area contributed by atoms with Crippen LogP contribution >= 0.6 is 0 Å². The number of ketones is 1. The van der Waals surface area contributed by atoms with E-state index in [0.717, 1.165) is 54.5 Å². The third kappa shape index (κ3) is 11.4. The van der Waals surface area contributed by atoms with Crippen LogP contribution in [0, 0.1) is 50.4 Å². The molecule has 0 aromatic heterocycles. The fourth-order valence-electron chi connectivity index (χ4n) is 12.1. The summed E-state index contributed by atoms with van der Waals surface area (Å²) >= 11 is 0. The van der Waals surface area contributed by atoms with Crippen molar-refractivity contribution < 1.29 is 52.6 Å². The van der Waals surface area contributed by atoms with E-state index >= 15 is 4.79 Å². The molecule has 0 radical (unpaired) electrons. The number of rotatable bonds is 14. The lowest BCUT2D eigenvalue weighted by molar-refractivity contribution is -0.314. The number of allylic oxidation sites excluding steroid dienone is 2. The molecule has 13 nitrogen and oxygen atoms in total. The molecular formula is C51H82N2O11. The van der Waals surface area contributed by atoms with Crippen molar-refractivity contribution in [3.63, 3.8) is 0 Å². The molecule has 0 amide bonds. The molecule has 1 aromatic rings. The van der Waals surface area contributed by atoms with E-state index in [1.807, 2.05) is 13.8 Å². The summed E-state index contributed by atoms with van der Waals surface area (Å²) in [6.45, 7) is 16.5. The molecule has 18 atom stereocenters. The van der Waals surface area contributed by atoms with Gasteiger partial charge in [0.2, 0.25) is 0 Å². The van der Waals surface area contributed by atoms with Crippen molar-refractivity contribution in [1.29, 1.82) is 0 Å². The second-order valence-corrected chi connectivity index (χ2v) is 20.1. The van der Waals surface area contributed by atoms with E-state index in [1.165, 1.54) is 0 Å². The number of aliphatic hydroxyl groups excluding tert-OH is 1. The number of nitrogens with one attached hydrogen (secondary N) is 1. The first-order valence-corrected chi connectivity index (χ1v) is 24.3. The van der Waals surface area contributed by atoms with E-state index in [1.54, 1.807) is 21.3 Å². The molecule has 2 N–H and O–H groups in total. The number of esters is 1. The number of likely N-dealkylation sites (N-methyl/N-ethyl adjacent to an activating group) is 1. The van der Waals surface area contributed by atoms with Gasteiger partial charge in [-0.15, -0.1) is 0 Å². The van der Waals surface area contributed by atoms with E-state index < -0.39 is 42.7 Å². The number of hydrogen-bond donors (Lipinski definition) is 2. The zero-order valence-corrected chi connectivity index (χ0v) is 41.2. The van der Waals surface area contributed by atoms with Gasteiger partial charge in [0.15, 0.2) is 18.4 Å². The number of carbonyl (C=O) groups is 2. The van der Waals surface area contributed by atoms with Crippen LogP contribution in [0.25, 0.3) is 0 Å². The number of methoxy groups -OCH3 is 3. The maximum Gasteiger partial charge on any atom is 0.306 e. The highest BCUT2D eigenvalue weighted by atomic mass is 16.7. The van der Waals surface area contributed by atoms with E-state index in [2.05, 4.69) is 84.1 Å². The van der Waals surface area contributed by atoms with E-state index in [-0.39, 0.29) is 78.7 Å². The summed E-state index contributed by atoms with van der Waals surface area (Å²) in [5.41, 5.74) is 4.89. The van der Waals surface area contributed by atoms with Crippen LogP contribution in [0.15, 0.2) is 23.8 Å². The predicted molar refractivity (Wildman–Crippen MR) is 246 cm³/mol. The Labute approximate surface area is 383 Å². The summed E-state index contributed by atoms with van der Waals surface area (Å²) in [5, 5.41) is 16.8. The molecule has 6 rings (SSSR count). The molecule has 3 heterocycles. The smallest absolute Gasteiger partial charge is 0.306 e. The van der Waals surface area contributed by atoms with Gasteiger partial charge in [-0.25, -0.2) is 0 Å². The molecule has 64 heavy (non-hydrogen) atoms. The molecule has 2 aliphatic carbocycles. The molecule has 3 saturated heterocycles. The second-order valence-electron chi connectivity index (χ2n) is 20.1. The van der Waals surface area contributed by atoms with Gasteiger partial charge in [-0.2, -0.15) is 0 Å². The minimum Gasteiger partial charge on any atom is -0.462 e. The minimum absolute atomic E-state index is 0.00460. The fraction of sp³-hybridized carbons (Fsp3) is 0.804. The fourth-order valence-corrected chi connectivity index (χ4v) is 12.1. The number of fused-ring (bicyclic) bond motifs is 1. The molecule has 0 spiro atoms. The predicted octanol–water partition coefficient (Wildman–Crippen LogP) is 7.48. The highest BCUT2D eigenvalue weighted by molar-refractivity contribution is 5.99. The van der Waals surface area contributed by atoms with Gasteiger partial charge in [-0.05, 0) is 141 Å². The molecule has 4 fully saturated rings. The van der Waals surface area contributed by atoms with Crippen LogP contribution in [0.2, 0.25) is 0 Å². The summed E-state index contributed by atoms with van der Waals surface area (Å²) in [4.78, 5) is 31.4. The monoisotopic (exact) mass is 899 g/mol. The Morgan fingerprint density at radius 2 is 1.53 bits per heavy atom. The first kappa shape index (κ1) is 50.9. The molecule has 5 aliphatic rings. The number of aliphatic hydroxyl groups is 1. The molecule has 0 bridgehead atoms. The summed E-state index contributed by atoms with van der Waals surface area (Å²) < 4.78 is 49.9. The summed E-state index contributed by atoms with van der Waals surface area (Å²) in [5.74, 6) is -1.87. The van der Waals surface area contributed by atoms with E-state index in [0.29, 0.717) is 37.3 Å². The van der Waals surface area contributed by atoms with Gasteiger partial charge in [0.05, 0.1) is 43.0 Å². The molecular weight excluding hydrogens is 817 g/mol. The Kier molecular flexibility index (Phi) is 18.0. The van der Waals surface area contributed by atoms with Gasteiger partial charge in [0.1, 0.15) is 24.4 Å². The van der Waals surface area contributed by atoms with Crippen LogP contribution in [-0.4, -0.2) is 137 Å². The third-order valence-electron chi connectivity index (χ3n) is 15.5. The van der Waals surface area contributed by atoms with Crippen LogP contribution < -0.4 is 5.32 Å². The van der Waals surface area contributed by atoms with Crippen LogP contribution in [0.1, 0.15) is 116 Å². The van der Waals surface area contributed by atoms with Crippen LogP contribution in [-0.2, 0) is 47.5 Å². The number of ether oxygens (including phenoxy) is 8. The Balaban J connectivity index is 1.29. The van der Waals surface area contributed by atoms with Gasteiger partial charge in [-0.3, -0.25) is 9.59 Å². The highest BCUT2D eigenvalue weighted by Crippen LogP contribution is 2.47. The molecule has 3 aliphatic heterocycles. The minimum atomic E-state index is -0.844. The van der Waals surface area contributed by atoms with E-state index in [9.17, 15) is 9.90 Å². The van der Waals surface area contributed by atoms with Crippen molar-refractivity contribution >= 4 is 17.4 Å². The second kappa shape index (κ2) is 22.6. The SMILES string of the molecule is CC[C@H]1CCC[C@H](O[C@H]2CC[C@H](N(C)C)C(C)O2)[C@@H](C)C(=O)C2=C[C@@H](C)[C@@H]([C@@H](Nc3c(C)cc(C)cc3C)[C@H](O)[C@H]3CC[C@H](O[C@@H]4OC(C)[C@H](OC)C(OC)C4OC)C3)[C@@H]2CC(=O)O1. The average molecular weight is 899 g/mol. The number of Topliss-reactive ketones (excluding diaryl/α,β-unsaturated/α-hetero) is 1. The Morgan fingerprint density at radius 1 is 0.844 bits per heavy atom. The number of anilines is 1. The van der Waals surface area contributed by atoms with Crippen molar-refractivity contribution in [3.8, 4) is 0 Å². The topological polar surface area (TPSA) is 143 Å². The maximum absolute atomic E-state index is 15.1. The number of hydrogen-bond acceptors (Lipinski definition) is 13. The van der Waals surface area contributed by atoms with Gasteiger partial charge in [-0.1, -0.05) is 44.5 Å². The lowest BCUT2D eigenvalue weighted by Crippen LogP contribution is -2.59. The number of carbonyl (C=O) groups excluding carboxylic acids is 2. The average Bonchev–Trinajstić information content (AvgIpc) is 3.84. The van der Waals surface area contributed by atoms with Gasteiger partial charge in [0, 0.05) is 44.9 Å². The van der Waals surface area contributed by atoms with Crippen molar-refractivity contribution in [2.75, 3.05) is 40.7 Å². The van der Waals surface area contributed by atoms with Crippen molar-refractivity contribution in [1.82, 2.24) is 4.90 Å². The zero-order chi connectivity index (χ0) is 46.6. The first-order chi connectivity index (χ1) is 30.5. The summed E-state index contributed by atoms with van der Waals surface area (Å²) in [6.07, 6.45) is 4.43. The number of nitrogens with zero attached hydrogens (tertiary/aromatic N) is 1. The Bertz CT molecular complexity index is 1720. The Morgan fingerprint density at radius 3 is 2.16 bits per heavy atom. The summed E-state index contributed by atoms with van der Waals surface area (Å²) in [6, 6.07) is 4.09. The van der Waals surface area contributed by atoms with Gasteiger partial charge in [0.25, 0.3) is 0 Å². The first-order valence-electron chi connectivity index (χ1n) is 24.3. The van der Waals surface area contributed by atoms with Crippen molar-refractivity contribution in [2.24, 2.45) is 29.6 Å². The number of cyclic esters (lactones) is 1. The lowest BCUT2D eigenvalue weighted by atomic mass is 9.73. The molecule has 4 unspecified atom stereocenters. The third-order valence-corrected chi connectivity index (χ3v) is 15.5. The molecule has 1 saturated carbocycles. The van der Waals surface area contributed by atoms with Crippen molar-refractivity contribution in [3.05, 3.63) is 40.5 Å². The van der Waals surface area contributed by atoms with E-state index in [4.69, 9.17) is 37.9 Å². The highest BCUT2D eigenvalue weighted by Gasteiger charge is 2.51. The maximum atomic E-state index is 15.1. The normalized spacial score (nSPS) is 38.8. The van der Waals surface area contributed by atoms with Crippen LogP contribution in [0.3, 0.4) is 0 Å². The van der Waals surface area contributed by atoms with Crippen molar-refractivity contribution in [2.45, 2.75) is 199 Å². The van der Waals surface area contributed by atoms with Crippen LogP contribution in [0.5, 0.6) is 0 Å². The number of benzene rings is 1. The molecule has 362 valence electrons. The lowest BCUT2D eigenvalue weighted by Gasteiger charge is -2.44. The van der Waals surface area contributed by atoms with Gasteiger partial charge >= 0.3 is 5.97 Å². The zero-order valence-electron chi connectivity index (χ0n) is 41.2. The largest absolute Gasteiger partial charge is 0.462 e. The molecule has 1 aromatic carbocycles. The quantitative estimate of drug-likeness (QED) is 0.178. The number of aryl methyl sites for hydroxylation is 3. The molecule has 13 heteroatoms.